The number of nitro groups is 1. The maximum absolute atomic E-state index is 11.9. The standard InChI is InChI=1S/C12H19N5O3/c1-8(2)16(3)5-4-14-12(18)10-6-9(17(19)20)7-15-11(10)13/h6-8H,4-5H2,1-3H3,(H2,13,15)(H,14,18). The van der Waals surface area contributed by atoms with Crippen molar-refractivity contribution in [3.8, 4) is 0 Å². The van der Waals surface area contributed by atoms with Gasteiger partial charge < -0.3 is 16.0 Å². The second-order valence-electron chi connectivity index (χ2n) is 4.71. The number of pyridine rings is 1. The molecule has 0 aliphatic heterocycles. The molecule has 0 aliphatic rings. The summed E-state index contributed by atoms with van der Waals surface area (Å²) in [7, 11) is 1.94. The summed E-state index contributed by atoms with van der Waals surface area (Å²) >= 11 is 0. The zero-order chi connectivity index (χ0) is 15.3. The van der Waals surface area contributed by atoms with Gasteiger partial charge in [-0.3, -0.25) is 14.9 Å². The van der Waals surface area contributed by atoms with Crippen LogP contribution < -0.4 is 11.1 Å². The first-order chi connectivity index (χ1) is 9.32. The molecule has 0 fully saturated rings. The molecule has 0 saturated carbocycles. The van der Waals surface area contributed by atoms with Crippen LogP contribution >= 0.6 is 0 Å². The Morgan fingerprint density at radius 2 is 2.25 bits per heavy atom. The first-order valence-electron chi connectivity index (χ1n) is 6.21. The van der Waals surface area contributed by atoms with Gasteiger partial charge in [0.25, 0.3) is 11.6 Å². The van der Waals surface area contributed by atoms with E-state index in [2.05, 4.69) is 15.2 Å². The Kier molecular flexibility index (Phi) is 5.39. The van der Waals surface area contributed by atoms with Crippen molar-refractivity contribution in [2.24, 2.45) is 0 Å². The molecule has 0 aliphatic carbocycles. The quantitative estimate of drug-likeness (QED) is 0.584. The Balaban J connectivity index is 2.68. The van der Waals surface area contributed by atoms with Gasteiger partial charge in [0.1, 0.15) is 12.0 Å². The fraction of sp³-hybridized carbons (Fsp3) is 0.500. The fourth-order valence-corrected chi connectivity index (χ4v) is 1.45. The molecule has 8 heteroatoms. The number of nitrogens with two attached hydrogens (primary N) is 1. The molecule has 110 valence electrons. The molecule has 0 saturated heterocycles. The second kappa shape index (κ2) is 6.80. The molecule has 1 rings (SSSR count). The number of likely N-dealkylation sites (N-methyl/N-ethyl adjacent to an activating group) is 1. The number of nitrogens with one attached hydrogen (secondary N) is 1. The normalized spacial score (nSPS) is 10.8. The van der Waals surface area contributed by atoms with Crippen LogP contribution in [-0.2, 0) is 0 Å². The van der Waals surface area contributed by atoms with Crippen molar-refractivity contribution in [1.82, 2.24) is 15.2 Å². The van der Waals surface area contributed by atoms with E-state index in [1.54, 1.807) is 0 Å². The van der Waals surface area contributed by atoms with Crippen LogP contribution in [0.4, 0.5) is 11.5 Å². The van der Waals surface area contributed by atoms with Crippen LogP contribution in [0.2, 0.25) is 0 Å². The molecule has 0 spiro atoms. The molecule has 0 atom stereocenters. The third-order valence-corrected chi connectivity index (χ3v) is 2.99. The first kappa shape index (κ1) is 15.8. The number of nitrogen functional groups attached to an aromatic ring is 1. The zero-order valence-corrected chi connectivity index (χ0v) is 11.8. The monoisotopic (exact) mass is 281 g/mol. The molecule has 0 bridgehead atoms. The van der Waals surface area contributed by atoms with Crippen LogP contribution in [0.25, 0.3) is 0 Å². The van der Waals surface area contributed by atoms with Gasteiger partial charge in [-0.25, -0.2) is 4.98 Å². The highest BCUT2D eigenvalue weighted by Crippen LogP contribution is 2.16. The van der Waals surface area contributed by atoms with E-state index in [9.17, 15) is 14.9 Å². The van der Waals surface area contributed by atoms with Crippen molar-refractivity contribution < 1.29 is 9.72 Å². The molecule has 0 radical (unpaired) electrons. The molecule has 0 aromatic carbocycles. The lowest BCUT2D eigenvalue weighted by atomic mass is 10.2. The number of hydrogen-bond acceptors (Lipinski definition) is 6. The van der Waals surface area contributed by atoms with E-state index >= 15 is 0 Å². The smallest absolute Gasteiger partial charge is 0.288 e. The fourth-order valence-electron chi connectivity index (χ4n) is 1.45. The Hall–Kier alpha value is -2.22. The molecule has 1 amide bonds. The number of rotatable bonds is 6. The number of anilines is 1. The van der Waals surface area contributed by atoms with Crippen LogP contribution in [0.3, 0.4) is 0 Å². The van der Waals surface area contributed by atoms with E-state index < -0.39 is 10.8 Å². The topological polar surface area (TPSA) is 114 Å². The molecule has 3 N–H and O–H groups in total. The molecule has 20 heavy (non-hydrogen) atoms. The van der Waals surface area contributed by atoms with Crippen molar-refractivity contribution >= 4 is 17.4 Å². The maximum Gasteiger partial charge on any atom is 0.288 e. The number of amides is 1. The lowest BCUT2D eigenvalue weighted by Gasteiger charge is -2.20. The van der Waals surface area contributed by atoms with Gasteiger partial charge >= 0.3 is 0 Å². The van der Waals surface area contributed by atoms with Crippen LogP contribution in [-0.4, -0.2) is 46.9 Å². The van der Waals surface area contributed by atoms with Crippen molar-refractivity contribution in [1.29, 1.82) is 0 Å². The average Bonchev–Trinajstić information content (AvgIpc) is 2.38. The van der Waals surface area contributed by atoms with Gasteiger partial charge in [-0.05, 0) is 20.9 Å². The van der Waals surface area contributed by atoms with E-state index in [0.29, 0.717) is 19.1 Å². The van der Waals surface area contributed by atoms with Gasteiger partial charge in [-0.15, -0.1) is 0 Å². The van der Waals surface area contributed by atoms with E-state index in [0.717, 1.165) is 12.3 Å². The summed E-state index contributed by atoms with van der Waals surface area (Å²) in [6, 6.07) is 1.50. The van der Waals surface area contributed by atoms with Crippen LogP contribution in [0.1, 0.15) is 24.2 Å². The molecular formula is C12H19N5O3. The summed E-state index contributed by atoms with van der Waals surface area (Å²) in [5.41, 5.74) is 5.32. The largest absolute Gasteiger partial charge is 0.383 e. The predicted molar refractivity (Wildman–Crippen MR) is 75.4 cm³/mol. The van der Waals surface area contributed by atoms with Crippen LogP contribution in [0.5, 0.6) is 0 Å². The Labute approximate surface area is 117 Å². The lowest BCUT2D eigenvalue weighted by Crippen LogP contribution is -2.36. The Morgan fingerprint density at radius 3 is 2.80 bits per heavy atom. The third-order valence-electron chi connectivity index (χ3n) is 2.99. The number of hydrogen-bond donors (Lipinski definition) is 2. The van der Waals surface area contributed by atoms with Crippen molar-refractivity contribution in [3.05, 3.63) is 27.9 Å². The third kappa shape index (κ3) is 4.16. The van der Waals surface area contributed by atoms with Gasteiger partial charge in [0.15, 0.2) is 0 Å². The van der Waals surface area contributed by atoms with Gasteiger partial charge in [-0.2, -0.15) is 0 Å². The number of carbonyl (C=O) groups is 1. The summed E-state index contributed by atoms with van der Waals surface area (Å²) in [4.78, 5) is 27.7. The average molecular weight is 281 g/mol. The molecular weight excluding hydrogens is 262 g/mol. The minimum atomic E-state index is -0.615. The summed E-state index contributed by atoms with van der Waals surface area (Å²) in [5, 5.41) is 13.3. The van der Waals surface area contributed by atoms with E-state index in [1.807, 2.05) is 20.9 Å². The van der Waals surface area contributed by atoms with Gasteiger partial charge in [0.2, 0.25) is 0 Å². The highest BCUT2D eigenvalue weighted by molar-refractivity contribution is 5.98. The molecule has 8 nitrogen and oxygen atoms in total. The molecule has 0 unspecified atom stereocenters. The first-order valence-corrected chi connectivity index (χ1v) is 6.21. The zero-order valence-electron chi connectivity index (χ0n) is 11.8. The number of aromatic nitrogens is 1. The van der Waals surface area contributed by atoms with Crippen molar-refractivity contribution in [3.63, 3.8) is 0 Å². The summed E-state index contributed by atoms with van der Waals surface area (Å²) in [5.74, 6) is -0.485. The van der Waals surface area contributed by atoms with E-state index in [1.165, 1.54) is 0 Å². The number of nitrogens with zero attached hydrogens (tertiary/aromatic N) is 3. The highest BCUT2D eigenvalue weighted by Gasteiger charge is 2.16. The minimum Gasteiger partial charge on any atom is -0.383 e. The molecule has 1 aromatic heterocycles. The lowest BCUT2D eigenvalue weighted by molar-refractivity contribution is -0.385. The second-order valence-corrected chi connectivity index (χ2v) is 4.71. The van der Waals surface area contributed by atoms with Crippen LogP contribution in [0, 0.1) is 10.1 Å². The van der Waals surface area contributed by atoms with Crippen molar-refractivity contribution in [2.45, 2.75) is 19.9 Å². The Morgan fingerprint density at radius 1 is 1.60 bits per heavy atom. The Bertz CT molecular complexity index is 504. The summed E-state index contributed by atoms with van der Waals surface area (Å²) in [6.45, 7) is 5.19. The highest BCUT2D eigenvalue weighted by atomic mass is 16.6. The van der Waals surface area contributed by atoms with E-state index in [-0.39, 0.29) is 17.1 Å². The van der Waals surface area contributed by atoms with Gasteiger partial charge in [0, 0.05) is 25.2 Å². The van der Waals surface area contributed by atoms with Gasteiger partial charge in [0.05, 0.1) is 10.5 Å². The SMILES string of the molecule is CC(C)N(C)CCNC(=O)c1cc([N+](=O)[O-])cnc1N. The van der Waals surface area contributed by atoms with Gasteiger partial charge in [-0.1, -0.05) is 0 Å². The minimum absolute atomic E-state index is 0.0198. The molecule has 1 heterocycles. The molecule has 1 aromatic rings. The maximum atomic E-state index is 11.9. The number of carbonyl (C=O) groups excluding carboxylic acids is 1. The summed E-state index contributed by atoms with van der Waals surface area (Å²) in [6.07, 6.45) is 1.03. The van der Waals surface area contributed by atoms with Crippen molar-refractivity contribution in [2.75, 3.05) is 25.9 Å². The predicted octanol–water partition coefficient (Wildman–Crippen LogP) is 0.642. The van der Waals surface area contributed by atoms with Crippen LogP contribution in [0.15, 0.2) is 12.3 Å². The summed E-state index contributed by atoms with van der Waals surface area (Å²) < 4.78 is 0. The van der Waals surface area contributed by atoms with E-state index in [4.69, 9.17) is 5.73 Å².